The van der Waals surface area contributed by atoms with E-state index in [9.17, 15) is 4.39 Å². The molecule has 0 atom stereocenters. The van der Waals surface area contributed by atoms with E-state index in [1.54, 1.807) is 12.1 Å². The molecule has 82 valence electrons. The van der Waals surface area contributed by atoms with E-state index >= 15 is 0 Å². The molecule has 1 aromatic rings. The normalized spacial score (nSPS) is 10.0. The Kier molecular flexibility index (Phi) is 4.77. The van der Waals surface area contributed by atoms with Gasteiger partial charge in [-0.05, 0) is 12.6 Å². The molecule has 3 nitrogen and oxygen atoms in total. The van der Waals surface area contributed by atoms with Gasteiger partial charge >= 0.3 is 0 Å². The van der Waals surface area contributed by atoms with Gasteiger partial charge in [0.05, 0.1) is 0 Å². The van der Waals surface area contributed by atoms with Crippen LogP contribution in [-0.4, -0.2) is 18.1 Å². The highest BCUT2D eigenvalue weighted by atomic mass is 19.1. The summed E-state index contributed by atoms with van der Waals surface area (Å²) in [5.41, 5.74) is 0.561. The van der Waals surface area contributed by atoms with Crippen LogP contribution in [0.1, 0.15) is 12.5 Å². The van der Waals surface area contributed by atoms with Crippen molar-refractivity contribution in [1.29, 1.82) is 0 Å². The molecule has 0 saturated heterocycles. The quantitative estimate of drug-likeness (QED) is 0.728. The standard InChI is InChI=1S/C11H15FN2O/c1-3-7-15-11-10(12)9(5-6-14-11)8-13-4-2/h3,5-6,13H,1,4,7-8H2,2H3. The zero-order valence-corrected chi connectivity index (χ0v) is 8.79. The van der Waals surface area contributed by atoms with Gasteiger partial charge in [-0.2, -0.15) is 0 Å². The molecule has 0 saturated carbocycles. The maximum Gasteiger partial charge on any atom is 0.251 e. The van der Waals surface area contributed by atoms with E-state index in [4.69, 9.17) is 4.74 Å². The monoisotopic (exact) mass is 210 g/mol. The zero-order chi connectivity index (χ0) is 11.1. The van der Waals surface area contributed by atoms with Crippen LogP contribution in [0.25, 0.3) is 0 Å². The third-order valence-corrected chi connectivity index (χ3v) is 1.84. The largest absolute Gasteiger partial charge is 0.471 e. The molecule has 1 aromatic heterocycles. The molecule has 0 aliphatic rings. The molecule has 1 rings (SSSR count). The summed E-state index contributed by atoms with van der Waals surface area (Å²) < 4.78 is 18.7. The molecule has 0 unspecified atom stereocenters. The summed E-state index contributed by atoms with van der Waals surface area (Å²) in [6.45, 7) is 6.99. The number of ether oxygens (including phenoxy) is 1. The summed E-state index contributed by atoms with van der Waals surface area (Å²) in [4.78, 5) is 3.81. The first kappa shape index (κ1) is 11.7. The smallest absolute Gasteiger partial charge is 0.251 e. The summed E-state index contributed by atoms with van der Waals surface area (Å²) in [6, 6.07) is 1.64. The molecule has 0 fully saturated rings. The number of nitrogens with one attached hydrogen (secondary N) is 1. The van der Waals surface area contributed by atoms with E-state index in [-0.39, 0.29) is 12.5 Å². The van der Waals surface area contributed by atoms with E-state index < -0.39 is 5.82 Å². The van der Waals surface area contributed by atoms with Crippen molar-refractivity contribution in [3.05, 3.63) is 36.3 Å². The predicted octanol–water partition coefficient (Wildman–Crippen LogP) is 1.89. The van der Waals surface area contributed by atoms with Crippen LogP contribution < -0.4 is 10.1 Å². The molecule has 0 radical (unpaired) electrons. The molecule has 0 spiro atoms. The van der Waals surface area contributed by atoms with E-state index in [1.165, 1.54) is 6.20 Å². The van der Waals surface area contributed by atoms with E-state index in [0.29, 0.717) is 12.1 Å². The molecule has 15 heavy (non-hydrogen) atoms. The number of hydrogen-bond acceptors (Lipinski definition) is 3. The highest BCUT2D eigenvalue weighted by Gasteiger charge is 2.09. The lowest BCUT2D eigenvalue weighted by molar-refractivity contribution is 0.324. The summed E-state index contributed by atoms with van der Waals surface area (Å²) in [6.07, 6.45) is 3.09. The lowest BCUT2D eigenvalue weighted by Crippen LogP contribution is -2.13. The number of aromatic nitrogens is 1. The van der Waals surface area contributed by atoms with Gasteiger partial charge in [-0.3, -0.25) is 0 Å². The Labute approximate surface area is 89.0 Å². The average Bonchev–Trinajstić information content (AvgIpc) is 2.26. The van der Waals surface area contributed by atoms with Gasteiger partial charge in [-0.15, -0.1) is 0 Å². The minimum Gasteiger partial charge on any atom is -0.471 e. The summed E-state index contributed by atoms with van der Waals surface area (Å²) >= 11 is 0. The van der Waals surface area contributed by atoms with Crippen LogP contribution in [0.4, 0.5) is 4.39 Å². The van der Waals surface area contributed by atoms with Crippen LogP contribution in [-0.2, 0) is 6.54 Å². The highest BCUT2D eigenvalue weighted by Crippen LogP contribution is 2.16. The number of nitrogens with zero attached hydrogens (tertiary/aromatic N) is 1. The minimum absolute atomic E-state index is 0.0327. The first-order valence-corrected chi connectivity index (χ1v) is 4.87. The van der Waals surface area contributed by atoms with E-state index in [1.807, 2.05) is 6.92 Å². The predicted molar refractivity (Wildman–Crippen MR) is 57.3 cm³/mol. The maximum absolute atomic E-state index is 13.7. The van der Waals surface area contributed by atoms with Gasteiger partial charge in [0.1, 0.15) is 6.61 Å². The molecule has 4 heteroatoms. The van der Waals surface area contributed by atoms with Crippen LogP contribution in [0.2, 0.25) is 0 Å². The SMILES string of the molecule is C=CCOc1nccc(CNCC)c1F. The van der Waals surface area contributed by atoms with Crippen LogP contribution in [0.3, 0.4) is 0 Å². The van der Waals surface area contributed by atoms with Crippen LogP contribution in [0.15, 0.2) is 24.9 Å². The first-order valence-electron chi connectivity index (χ1n) is 4.87. The Morgan fingerprint density at radius 1 is 1.67 bits per heavy atom. The molecule has 1 N–H and O–H groups in total. The second kappa shape index (κ2) is 6.14. The summed E-state index contributed by atoms with van der Waals surface area (Å²) in [5, 5.41) is 3.05. The number of hydrogen-bond donors (Lipinski definition) is 1. The van der Waals surface area contributed by atoms with Gasteiger partial charge in [0.15, 0.2) is 5.82 Å². The van der Waals surface area contributed by atoms with E-state index in [0.717, 1.165) is 6.54 Å². The van der Waals surface area contributed by atoms with Gasteiger partial charge in [0.25, 0.3) is 5.88 Å². The van der Waals surface area contributed by atoms with E-state index in [2.05, 4.69) is 16.9 Å². The highest BCUT2D eigenvalue weighted by molar-refractivity contribution is 5.23. The molecular formula is C11H15FN2O. The fourth-order valence-electron chi connectivity index (χ4n) is 1.10. The second-order valence-electron chi connectivity index (χ2n) is 2.97. The number of pyridine rings is 1. The first-order chi connectivity index (χ1) is 7.29. The molecule has 0 amide bonds. The minimum atomic E-state index is -0.402. The van der Waals surface area contributed by atoms with Crippen molar-refractivity contribution in [2.75, 3.05) is 13.2 Å². The van der Waals surface area contributed by atoms with Crippen molar-refractivity contribution >= 4 is 0 Å². The molecule has 0 aromatic carbocycles. The molecule has 0 aliphatic heterocycles. The fourth-order valence-corrected chi connectivity index (χ4v) is 1.10. The Balaban J connectivity index is 2.75. The Bertz CT molecular complexity index is 328. The summed E-state index contributed by atoms with van der Waals surface area (Å²) in [7, 11) is 0. The third-order valence-electron chi connectivity index (χ3n) is 1.84. The van der Waals surface area contributed by atoms with Gasteiger partial charge in [-0.25, -0.2) is 9.37 Å². The number of halogens is 1. The van der Waals surface area contributed by atoms with Gasteiger partial charge < -0.3 is 10.1 Å². The molecule has 1 heterocycles. The molecular weight excluding hydrogens is 195 g/mol. The Hall–Kier alpha value is -1.42. The van der Waals surface area contributed by atoms with Gasteiger partial charge in [0.2, 0.25) is 0 Å². The number of rotatable bonds is 6. The fraction of sp³-hybridized carbons (Fsp3) is 0.364. The topological polar surface area (TPSA) is 34.1 Å². The third kappa shape index (κ3) is 3.32. The van der Waals surface area contributed by atoms with Crippen molar-refractivity contribution in [1.82, 2.24) is 10.3 Å². The Morgan fingerprint density at radius 3 is 3.13 bits per heavy atom. The van der Waals surface area contributed by atoms with Gasteiger partial charge in [-0.1, -0.05) is 19.6 Å². The van der Waals surface area contributed by atoms with Crippen molar-refractivity contribution in [3.8, 4) is 5.88 Å². The van der Waals surface area contributed by atoms with Gasteiger partial charge in [0, 0.05) is 18.3 Å². The van der Waals surface area contributed by atoms with Crippen molar-refractivity contribution in [3.63, 3.8) is 0 Å². The lowest BCUT2D eigenvalue weighted by atomic mass is 10.2. The van der Waals surface area contributed by atoms with Crippen molar-refractivity contribution in [2.24, 2.45) is 0 Å². The molecule has 0 bridgehead atoms. The second-order valence-corrected chi connectivity index (χ2v) is 2.97. The van der Waals surface area contributed by atoms with Crippen molar-refractivity contribution < 1.29 is 9.13 Å². The van der Waals surface area contributed by atoms with Crippen LogP contribution in [0.5, 0.6) is 5.88 Å². The lowest BCUT2D eigenvalue weighted by Gasteiger charge is -2.07. The maximum atomic E-state index is 13.7. The Morgan fingerprint density at radius 2 is 2.47 bits per heavy atom. The zero-order valence-electron chi connectivity index (χ0n) is 8.79. The van der Waals surface area contributed by atoms with Crippen LogP contribution in [0, 0.1) is 5.82 Å². The summed E-state index contributed by atoms with van der Waals surface area (Å²) in [5.74, 6) is -0.370. The van der Waals surface area contributed by atoms with Crippen LogP contribution >= 0.6 is 0 Å². The average molecular weight is 210 g/mol. The molecule has 0 aliphatic carbocycles. The van der Waals surface area contributed by atoms with Crippen molar-refractivity contribution in [2.45, 2.75) is 13.5 Å².